The maximum absolute atomic E-state index is 12.6. The molecule has 1 saturated heterocycles. The third-order valence-electron chi connectivity index (χ3n) is 9.07. The summed E-state index contributed by atoms with van der Waals surface area (Å²) in [7, 11) is -3.68. The van der Waals surface area contributed by atoms with Crippen molar-refractivity contribution in [1.82, 2.24) is 5.32 Å². The Bertz CT molecular complexity index is 1020. The lowest BCUT2D eigenvalue weighted by Crippen LogP contribution is -2.44. The van der Waals surface area contributed by atoms with Gasteiger partial charge in [0.05, 0.1) is 19.8 Å². The number of amides is 1. The topological polar surface area (TPSA) is 136 Å². The second-order valence-corrected chi connectivity index (χ2v) is 18.4. The number of alkyl halides is 3. The highest BCUT2D eigenvalue weighted by atomic mass is 35.6. The number of phosphoric acid groups is 1. The normalized spacial score (nSPS) is 14.9. The van der Waals surface area contributed by atoms with Crippen molar-refractivity contribution >= 4 is 60.7 Å². The second-order valence-electron chi connectivity index (χ2n) is 14.5. The van der Waals surface area contributed by atoms with E-state index in [9.17, 15) is 18.9 Å². The molecule has 1 rings (SSSR count). The molecule has 0 spiro atoms. The van der Waals surface area contributed by atoms with E-state index in [-0.39, 0.29) is 45.2 Å². The molecule has 0 aromatic carbocycles. The number of nitrogens with one attached hydrogen (secondary N) is 1. The lowest BCUT2D eigenvalue weighted by atomic mass is 10.0. The summed E-state index contributed by atoms with van der Waals surface area (Å²) in [6, 6.07) is 0. The number of esters is 2. The lowest BCUT2D eigenvalue weighted by Gasteiger charge is -2.31. The summed E-state index contributed by atoms with van der Waals surface area (Å²) < 4.78 is 42.3. The zero-order chi connectivity index (χ0) is 39.3. The molecule has 0 bridgehead atoms. The van der Waals surface area contributed by atoms with E-state index in [1.54, 1.807) is 0 Å². The quantitative estimate of drug-likeness (QED) is 0.0224. The number of hydrogen-bond acceptors (Lipinski definition) is 10. The van der Waals surface area contributed by atoms with E-state index >= 15 is 0 Å². The maximum Gasteiger partial charge on any atom is 0.475 e. The first-order chi connectivity index (χ1) is 25.3. The molecule has 312 valence electrons. The molecule has 1 N–H and O–H groups in total. The van der Waals surface area contributed by atoms with Gasteiger partial charge in [-0.1, -0.05) is 164 Å². The fourth-order valence-corrected chi connectivity index (χ4v) is 6.92. The number of hydrogen-bond donors (Lipinski definition) is 1. The van der Waals surface area contributed by atoms with E-state index in [4.69, 9.17) is 62.6 Å². The van der Waals surface area contributed by atoms with Gasteiger partial charge in [0, 0.05) is 19.4 Å². The van der Waals surface area contributed by atoms with Crippen molar-refractivity contribution in [2.24, 2.45) is 0 Å². The van der Waals surface area contributed by atoms with Gasteiger partial charge in [-0.3, -0.25) is 23.2 Å². The van der Waals surface area contributed by atoms with Gasteiger partial charge in [-0.25, -0.2) is 9.36 Å². The zero-order valence-electron chi connectivity index (χ0n) is 32.7. The van der Waals surface area contributed by atoms with Gasteiger partial charge < -0.3 is 19.5 Å². The third-order valence-corrected chi connectivity index (χ3v) is 11.9. The minimum atomic E-state index is -3.68. The van der Waals surface area contributed by atoms with Crippen LogP contribution in [0, 0.1) is 0 Å². The molecule has 0 aromatic rings. The van der Waals surface area contributed by atoms with E-state index in [1.165, 1.54) is 78.1 Å². The van der Waals surface area contributed by atoms with Crippen LogP contribution in [0.1, 0.15) is 175 Å². The molecule has 0 aromatic heterocycles. The number of alkyl carbamates (subject to hydrolysis) is 1. The van der Waals surface area contributed by atoms with Crippen molar-refractivity contribution in [2.75, 3.05) is 33.0 Å². The standard InChI is InChI=1S/C38H69Cl3NO10P/c1-4-5-6-7-8-9-10-11-12-14-18-21-24-27-35(44)51-33(32-50-53(46)48-29-30-49-53)31-47-34(43)26-23-20-17-15-13-16-19-22-25-28-42-36(45)52-37(2,3)38(39,40)41/h33H,4-32H2,1-3H3,(H,42,45)/t33-/m1/s1. The van der Waals surface area contributed by atoms with Crippen molar-refractivity contribution < 1.29 is 46.7 Å². The summed E-state index contributed by atoms with van der Waals surface area (Å²) in [6.45, 7) is 5.69. The summed E-state index contributed by atoms with van der Waals surface area (Å²) in [5.74, 6) is -0.778. The molecule has 1 amide bonds. The summed E-state index contributed by atoms with van der Waals surface area (Å²) in [4.78, 5) is 36.9. The van der Waals surface area contributed by atoms with Crippen LogP contribution in [0.3, 0.4) is 0 Å². The molecular formula is C38H69Cl3NO10P. The number of ether oxygens (including phenoxy) is 3. The molecule has 15 heteroatoms. The zero-order valence-corrected chi connectivity index (χ0v) is 35.9. The SMILES string of the molecule is CCCCCCCCCCCCCCCC(=O)O[C@H](COC(=O)CCCCCCCCCCCNC(=O)OC(C)(C)C(Cl)(Cl)Cl)COP1(=O)OCCO1. The molecule has 1 aliphatic rings. The number of rotatable bonds is 33. The van der Waals surface area contributed by atoms with E-state index in [0.717, 1.165) is 70.6 Å². The average Bonchev–Trinajstić information content (AvgIpc) is 3.54. The minimum Gasteiger partial charge on any atom is -0.462 e. The monoisotopic (exact) mass is 835 g/mol. The summed E-state index contributed by atoms with van der Waals surface area (Å²) >= 11 is 17.5. The molecule has 11 nitrogen and oxygen atoms in total. The van der Waals surface area contributed by atoms with Crippen molar-refractivity contribution in [3.8, 4) is 0 Å². The van der Waals surface area contributed by atoms with Gasteiger partial charge in [0.1, 0.15) is 6.61 Å². The number of carbonyl (C=O) groups is 3. The summed E-state index contributed by atoms with van der Waals surface area (Å²) in [5, 5.41) is 2.69. The van der Waals surface area contributed by atoms with Crippen molar-refractivity contribution in [2.45, 2.75) is 190 Å². The van der Waals surface area contributed by atoms with Gasteiger partial charge >= 0.3 is 25.9 Å². The highest BCUT2D eigenvalue weighted by molar-refractivity contribution is 7.48. The number of halogens is 3. The fraction of sp³-hybridized carbons (Fsp3) is 0.921. The predicted molar refractivity (Wildman–Crippen MR) is 212 cm³/mol. The van der Waals surface area contributed by atoms with E-state index < -0.39 is 35.4 Å². The molecule has 53 heavy (non-hydrogen) atoms. The summed E-state index contributed by atoms with van der Waals surface area (Å²) in [6.07, 6.45) is 23.6. The highest BCUT2D eigenvalue weighted by Gasteiger charge is 2.44. The van der Waals surface area contributed by atoms with E-state index in [0.29, 0.717) is 13.0 Å². The Balaban J connectivity index is 2.15. The van der Waals surface area contributed by atoms with Gasteiger partial charge in [0.25, 0.3) is 0 Å². The minimum absolute atomic E-state index is 0.161. The Labute approximate surface area is 334 Å². The van der Waals surface area contributed by atoms with Gasteiger partial charge in [-0.15, -0.1) is 0 Å². The molecule has 1 aliphatic heterocycles. The maximum atomic E-state index is 12.6. The number of unbranched alkanes of at least 4 members (excludes halogenated alkanes) is 20. The molecule has 0 aliphatic carbocycles. The average molecular weight is 837 g/mol. The number of phosphoric ester groups is 1. The number of carbonyl (C=O) groups excluding carboxylic acids is 3. The van der Waals surface area contributed by atoms with Crippen LogP contribution in [0.25, 0.3) is 0 Å². The largest absolute Gasteiger partial charge is 0.475 e. The van der Waals surface area contributed by atoms with Gasteiger partial charge in [0.15, 0.2) is 11.7 Å². The molecule has 0 unspecified atom stereocenters. The van der Waals surface area contributed by atoms with Crippen molar-refractivity contribution in [1.29, 1.82) is 0 Å². The first kappa shape index (κ1) is 50.2. The van der Waals surface area contributed by atoms with Gasteiger partial charge in [-0.05, 0) is 33.1 Å². The third kappa shape index (κ3) is 27.4. The van der Waals surface area contributed by atoms with Crippen LogP contribution < -0.4 is 5.32 Å². The van der Waals surface area contributed by atoms with Crippen molar-refractivity contribution in [3.63, 3.8) is 0 Å². The van der Waals surface area contributed by atoms with Crippen LogP contribution in [0.4, 0.5) is 4.79 Å². The Hall–Kier alpha value is -0.810. The Morgan fingerprint density at radius 3 is 1.57 bits per heavy atom. The Kier molecular flexibility index (Phi) is 28.7. The Morgan fingerprint density at radius 2 is 1.09 bits per heavy atom. The van der Waals surface area contributed by atoms with Crippen LogP contribution in [0.15, 0.2) is 0 Å². The molecular weight excluding hydrogens is 768 g/mol. The van der Waals surface area contributed by atoms with E-state index in [1.807, 2.05) is 0 Å². The van der Waals surface area contributed by atoms with Crippen molar-refractivity contribution in [3.05, 3.63) is 0 Å². The first-order valence-electron chi connectivity index (χ1n) is 20.2. The fourth-order valence-electron chi connectivity index (χ4n) is 5.64. The smallest absolute Gasteiger partial charge is 0.462 e. The van der Waals surface area contributed by atoms with Crippen LogP contribution in [-0.2, 0) is 41.9 Å². The van der Waals surface area contributed by atoms with Crippen LogP contribution in [0.5, 0.6) is 0 Å². The summed E-state index contributed by atoms with van der Waals surface area (Å²) in [5.41, 5.74) is -1.24. The van der Waals surface area contributed by atoms with Crippen LogP contribution in [-0.4, -0.2) is 66.5 Å². The lowest BCUT2D eigenvalue weighted by molar-refractivity contribution is -0.161. The molecule has 0 saturated carbocycles. The van der Waals surface area contributed by atoms with Gasteiger partial charge in [-0.2, -0.15) is 0 Å². The molecule has 1 fully saturated rings. The Morgan fingerprint density at radius 1 is 0.660 bits per heavy atom. The van der Waals surface area contributed by atoms with Gasteiger partial charge in [0.2, 0.25) is 3.79 Å². The van der Waals surface area contributed by atoms with E-state index in [2.05, 4.69) is 12.2 Å². The highest BCUT2D eigenvalue weighted by Crippen LogP contribution is 2.52. The second kappa shape index (κ2) is 30.3. The van der Waals surface area contributed by atoms with Crippen LogP contribution >= 0.6 is 42.6 Å². The predicted octanol–water partition coefficient (Wildman–Crippen LogP) is 11.9. The van der Waals surface area contributed by atoms with Crippen LogP contribution in [0.2, 0.25) is 0 Å². The first-order valence-corrected chi connectivity index (χ1v) is 22.8. The molecule has 0 radical (unpaired) electrons. The molecule has 1 atom stereocenters. The molecule has 1 heterocycles.